The summed E-state index contributed by atoms with van der Waals surface area (Å²) in [5.41, 5.74) is 8.12. The van der Waals surface area contributed by atoms with E-state index in [2.05, 4.69) is 67.5 Å². The van der Waals surface area contributed by atoms with Crippen molar-refractivity contribution in [3.8, 4) is 0 Å². The molecule has 116 valence electrons. The predicted octanol–water partition coefficient (Wildman–Crippen LogP) is 7.40. The van der Waals surface area contributed by atoms with E-state index in [1.54, 1.807) is 0 Å². The van der Waals surface area contributed by atoms with E-state index in [1.807, 2.05) is 0 Å². The van der Waals surface area contributed by atoms with Crippen LogP contribution in [0.15, 0.2) is 45.6 Å². The van der Waals surface area contributed by atoms with Crippen LogP contribution in [-0.4, -0.2) is 0 Å². The van der Waals surface area contributed by atoms with E-state index in [9.17, 15) is 0 Å². The van der Waals surface area contributed by atoms with Crippen LogP contribution in [0.4, 0.5) is 0 Å². The Morgan fingerprint density at radius 2 is 1.00 bits per heavy atom. The summed E-state index contributed by atoms with van der Waals surface area (Å²) in [6, 6.07) is 0. The molecule has 2 atom stereocenters. The normalized spacial score (nSPS) is 33.8. The molecule has 2 aliphatic rings. The van der Waals surface area contributed by atoms with Crippen LogP contribution in [0.3, 0.4) is 0 Å². The van der Waals surface area contributed by atoms with Crippen molar-refractivity contribution < 1.29 is 17.9 Å². The van der Waals surface area contributed by atoms with Crippen molar-refractivity contribution in [1.29, 1.82) is 0 Å². The van der Waals surface area contributed by atoms with E-state index in [-0.39, 0.29) is 6.25 Å². The van der Waals surface area contributed by atoms with Gasteiger partial charge < -0.3 is 0 Å². The molecule has 0 spiro atoms. The van der Waals surface area contributed by atoms with Crippen LogP contribution in [0.5, 0.6) is 0 Å². The molecular formula is C18H26Cl2Zr. The van der Waals surface area contributed by atoms with Gasteiger partial charge in [0, 0.05) is 0 Å². The zero-order chi connectivity index (χ0) is 16.4. The van der Waals surface area contributed by atoms with Crippen molar-refractivity contribution in [2.75, 3.05) is 0 Å². The Balaban J connectivity index is 2.66. The Bertz CT molecular complexity index is 580. The molecule has 0 aromatic heterocycles. The molecule has 0 aliphatic heterocycles. The minimum atomic E-state index is -3.61. The first-order chi connectivity index (χ1) is 9.40. The van der Waals surface area contributed by atoms with Crippen LogP contribution >= 0.6 is 17.0 Å². The number of rotatable bonds is 2. The quantitative estimate of drug-likeness (QED) is 0.450. The molecule has 2 unspecified atom stereocenters. The van der Waals surface area contributed by atoms with E-state index in [4.69, 9.17) is 17.0 Å². The molecule has 0 aromatic rings. The van der Waals surface area contributed by atoms with Gasteiger partial charge in [0.2, 0.25) is 0 Å². The fourth-order valence-corrected chi connectivity index (χ4v) is 16.4. The third kappa shape index (κ3) is 2.18. The molecule has 0 saturated heterocycles. The molecule has 2 aliphatic carbocycles. The van der Waals surface area contributed by atoms with Gasteiger partial charge in [-0.2, -0.15) is 0 Å². The minimum absolute atomic E-state index is 0.149. The first kappa shape index (κ1) is 17.8. The van der Waals surface area contributed by atoms with E-state index in [1.165, 1.54) is 33.4 Å². The first-order valence-corrected chi connectivity index (χ1v) is 16.3. The molecule has 0 fully saturated rings. The van der Waals surface area contributed by atoms with Gasteiger partial charge in [0.25, 0.3) is 0 Å². The Kier molecular flexibility index (Phi) is 4.42. The summed E-state index contributed by atoms with van der Waals surface area (Å²) < 4.78 is -0.299. The van der Waals surface area contributed by atoms with Crippen LogP contribution in [0.25, 0.3) is 0 Å². The Morgan fingerprint density at radius 1 is 0.714 bits per heavy atom. The second-order valence-electron chi connectivity index (χ2n) is 7.13. The van der Waals surface area contributed by atoms with E-state index in [0.717, 1.165) is 0 Å². The zero-order valence-corrected chi connectivity index (χ0v) is 18.4. The van der Waals surface area contributed by atoms with Crippen LogP contribution in [0.2, 0.25) is 6.25 Å². The summed E-state index contributed by atoms with van der Waals surface area (Å²) in [7, 11) is 14.6. The van der Waals surface area contributed by atoms with E-state index >= 15 is 0 Å². The monoisotopic (exact) mass is 402 g/mol. The summed E-state index contributed by atoms with van der Waals surface area (Å²) in [6.07, 6.45) is 4.67. The molecule has 0 heterocycles. The number of hydrogen-bond acceptors (Lipinski definition) is 0. The molecule has 3 heteroatoms. The van der Waals surface area contributed by atoms with Gasteiger partial charge in [0.1, 0.15) is 0 Å². The van der Waals surface area contributed by atoms with Gasteiger partial charge in [0.15, 0.2) is 0 Å². The molecule has 0 radical (unpaired) electrons. The van der Waals surface area contributed by atoms with Gasteiger partial charge in [-0.15, -0.1) is 0 Å². The molecule has 0 bridgehead atoms. The van der Waals surface area contributed by atoms with Crippen LogP contribution in [0.1, 0.15) is 55.4 Å². The SMILES string of the molecule is CC1=C[C](C)([Zr]([Cl])([Cl])[C]2(C)C=C(C)C(C)=C2C)C(C)=C1C. The Morgan fingerprint density at radius 3 is 1.19 bits per heavy atom. The molecule has 0 nitrogen and oxygen atoms in total. The molecule has 21 heavy (non-hydrogen) atoms. The molecular weight excluding hydrogens is 378 g/mol. The molecule has 0 amide bonds. The molecule has 0 aromatic carbocycles. The molecule has 2 rings (SSSR count). The average molecular weight is 405 g/mol. The fraction of sp³-hybridized carbons (Fsp3) is 0.556. The number of halogens is 2. The van der Waals surface area contributed by atoms with Crippen LogP contribution < -0.4 is 0 Å². The summed E-state index contributed by atoms with van der Waals surface area (Å²) in [6.45, 7) is 17.7. The van der Waals surface area contributed by atoms with Gasteiger partial charge >= 0.3 is 142 Å². The first-order valence-electron chi connectivity index (χ1n) is 7.53. The summed E-state index contributed by atoms with van der Waals surface area (Å²) >= 11 is -3.61. The topological polar surface area (TPSA) is 0 Å². The zero-order valence-electron chi connectivity index (χ0n) is 14.4. The van der Waals surface area contributed by atoms with Crippen molar-refractivity contribution in [3.63, 3.8) is 0 Å². The van der Waals surface area contributed by atoms with Crippen molar-refractivity contribution in [2.45, 2.75) is 61.6 Å². The van der Waals surface area contributed by atoms with Gasteiger partial charge in [-0.05, 0) is 0 Å². The van der Waals surface area contributed by atoms with Gasteiger partial charge in [-0.25, -0.2) is 0 Å². The Hall–Kier alpha value is 0.423. The third-order valence-electron chi connectivity index (χ3n) is 6.18. The molecule has 0 N–H and O–H groups in total. The summed E-state index contributed by atoms with van der Waals surface area (Å²) in [5, 5.41) is 0. The second kappa shape index (κ2) is 5.22. The third-order valence-corrected chi connectivity index (χ3v) is 24.4. The van der Waals surface area contributed by atoms with E-state index in [0.29, 0.717) is 0 Å². The van der Waals surface area contributed by atoms with Gasteiger partial charge in [0.05, 0.1) is 0 Å². The summed E-state index contributed by atoms with van der Waals surface area (Å²) in [4.78, 5) is 0. The predicted molar refractivity (Wildman–Crippen MR) is 92.7 cm³/mol. The van der Waals surface area contributed by atoms with Gasteiger partial charge in [-0.3, -0.25) is 0 Å². The van der Waals surface area contributed by atoms with E-state index < -0.39 is 17.9 Å². The number of hydrogen-bond donors (Lipinski definition) is 0. The van der Waals surface area contributed by atoms with Crippen molar-refractivity contribution in [2.24, 2.45) is 0 Å². The van der Waals surface area contributed by atoms with Gasteiger partial charge in [-0.1, -0.05) is 0 Å². The maximum absolute atomic E-state index is 7.30. The Labute approximate surface area is 141 Å². The van der Waals surface area contributed by atoms with Crippen LogP contribution in [-0.2, 0) is 17.9 Å². The van der Waals surface area contributed by atoms with Crippen LogP contribution in [0, 0.1) is 0 Å². The fourth-order valence-electron chi connectivity index (χ4n) is 3.86. The van der Waals surface area contributed by atoms with Crippen molar-refractivity contribution in [3.05, 3.63) is 45.6 Å². The van der Waals surface area contributed by atoms with Crippen molar-refractivity contribution >= 4 is 17.0 Å². The average Bonchev–Trinajstić information content (AvgIpc) is 2.72. The molecule has 0 saturated carbocycles. The van der Waals surface area contributed by atoms with Crippen molar-refractivity contribution in [1.82, 2.24) is 0 Å². The summed E-state index contributed by atoms with van der Waals surface area (Å²) in [5.74, 6) is 0. The maximum atomic E-state index is 7.30. The standard InChI is InChI=1S/2C9H13.2ClH.Zr/c2*1-6-5-7(2)9(4)8(6)3;;;/h2*5H,1-4H3;2*1H;/q;;;;+2/p-2. The number of allylic oxidation sites excluding steroid dienone is 8. The second-order valence-corrected chi connectivity index (χ2v) is 22.9.